The van der Waals surface area contributed by atoms with Crippen molar-refractivity contribution in [1.29, 1.82) is 0 Å². The van der Waals surface area contributed by atoms with Crippen molar-refractivity contribution in [2.75, 3.05) is 33.4 Å². The van der Waals surface area contributed by atoms with Crippen LogP contribution in [0.1, 0.15) is 53.6 Å². The van der Waals surface area contributed by atoms with Crippen molar-refractivity contribution in [1.82, 2.24) is 29.3 Å². The summed E-state index contributed by atoms with van der Waals surface area (Å²) >= 11 is 5.87. The number of pyridine rings is 1. The summed E-state index contributed by atoms with van der Waals surface area (Å²) in [6.07, 6.45) is 3.14. The molecule has 0 saturated carbocycles. The van der Waals surface area contributed by atoms with Gasteiger partial charge in [0, 0.05) is 48.3 Å². The van der Waals surface area contributed by atoms with Gasteiger partial charge in [-0.1, -0.05) is 29.8 Å². The average Bonchev–Trinajstić information content (AvgIpc) is 3.50. The number of benzene rings is 2. The summed E-state index contributed by atoms with van der Waals surface area (Å²) in [5.41, 5.74) is 2.79. The molecule has 4 aromatic rings. The van der Waals surface area contributed by atoms with Crippen LogP contribution in [0.25, 0.3) is 16.6 Å². The van der Waals surface area contributed by atoms with E-state index in [-0.39, 0.29) is 18.3 Å². The van der Waals surface area contributed by atoms with Gasteiger partial charge < -0.3 is 28.7 Å². The Balaban J connectivity index is 1.01. The Morgan fingerprint density at radius 3 is 2.68 bits per heavy atom. The molecule has 0 bridgehead atoms. The van der Waals surface area contributed by atoms with Crippen LogP contribution in [0, 0.1) is 5.82 Å². The van der Waals surface area contributed by atoms with Crippen LogP contribution < -0.4 is 10.1 Å². The standard InChI is InChI=1S/C39H40ClF3N6O6Si/c1-23(37(51)49-22-39(42,43)18-33(56-49)38(52)53-2)44-36(50)25-7-9-32-31(16-25)45-34(48(32)19-28-12-15-54-28)20-47-13-10-24(11-14-47)30-4-3-5-35(46-30)55-21-26-6-8-27(40)17-29(26)41/h3-10,16-17,23,28,33H,11-15,18-22H2,1-2H3,(H,44,50)/t23-,28-,33-/m0/s1. The predicted molar refractivity (Wildman–Crippen MR) is 202 cm³/mol. The lowest BCUT2D eigenvalue weighted by molar-refractivity contribution is -0.145. The first kappa shape index (κ1) is 39.5. The molecule has 3 aliphatic rings. The van der Waals surface area contributed by atoms with E-state index in [1.165, 1.54) is 13.0 Å². The quantitative estimate of drug-likeness (QED) is 0.147. The molecule has 2 aromatic heterocycles. The van der Waals surface area contributed by atoms with E-state index in [9.17, 15) is 27.6 Å². The normalized spacial score (nSPS) is 20.2. The fourth-order valence-electron chi connectivity index (χ4n) is 6.90. The van der Waals surface area contributed by atoms with E-state index >= 15 is 0 Å². The third-order valence-electron chi connectivity index (χ3n) is 10.0. The molecule has 7 rings (SSSR count). The number of rotatable bonds is 12. The van der Waals surface area contributed by atoms with E-state index in [1.54, 1.807) is 30.3 Å². The van der Waals surface area contributed by atoms with Gasteiger partial charge >= 0.3 is 5.97 Å². The molecule has 2 amide bonds. The lowest BCUT2D eigenvalue weighted by Crippen LogP contribution is -2.56. The monoisotopic (exact) mass is 808 g/mol. The maximum Gasteiger partial charge on any atom is 0.307 e. The fourth-order valence-corrected chi connectivity index (χ4v) is 8.69. The molecule has 2 fully saturated rings. The van der Waals surface area contributed by atoms with Gasteiger partial charge in [-0.25, -0.2) is 23.1 Å². The molecular weight excluding hydrogens is 769 g/mol. The molecule has 12 nitrogen and oxygen atoms in total. The van der Waals surface area contributed by atoms with Crippen LogP contribution in [0.15, 0.2) is 60.7 Å². The number of aromatic nitrogens is 3. The van der Waals surface area contributed by atoms with Crippen molar-refractivity contribution in [2.45, 2.75) is 69.5 Å². The van der Waals surface area contributed by atoms with Crippen LogP contribution in [0.4, 0.5) is 13.2 Å². The highest BCUT2D eigenvalue weighted by atomic mass is 35.5. The highest BCUT2D eigenvalue weighted by Gasteiger charge is 2.46. The first-order chi connectivity index (χ1) is 26.9. The Morgan fingerprint density at radius 1 is 1.14 bits per heavy atom. The number of carbonyl (C=O) groups excluding carboxylic acids is 3. The van der Waals surface area contributed by atoms with Crippen LogP contribution in [-0.2, 0) is 38.8 Å². The molecule has 3 aliphatic heterocycles. The van der Waals surface area contributed by atoms with Gasteiger partial charge in [-0.15, -0.1) is 0 Å². The largest absolute Gasteiger partial charge is 0.473 e. The Hall–Kier alpha value is -4.77. The van der Waals surface area contributed by atoms with Gasteiger partial charge in [0.25, 0.3) is 11.8 Å². The number of esters is 1. The number of alkyl halides is 2. The first-order valence-electron chi connectivity index (χ1n) is 18.3. The molecule has 3 atom stereocenters. The fraction of sp³-hybridized carbons (Fsp3) is 0.410. The van der Waals surface area contributed by atoms with Crippen LogP contribution in [0.5, 0.6) is 5.88 Å². The van der Waals surface area contributed by atoms with Crippen molar-refractivity contribution >= 4 is 55.7 Å². The number of fused-ring (bicyclic) bond motifs is 1. The van der Waals surface area contributed by atoms with Crippen molar-refractivity contribution in [2.24, 2.45) is 0 Å². The number of nitrogens with zero attached hydrogens (tertiary/aromatic N) is 5. The minimum absolute atomic E-state index is 0.0208. The van der Waals surface area contributed by atoms with Crippen molar-refractivity contribution in [3.63, 3.8) is 0 Å². The number of methoxy groups -OCH3 is 1. The molecule has 2 aromatic carbocycles. The number of hydrogen-bond acceptors (Lipinski definition) is 9. The minimum Gasteiger partial charge on any atom is -0.473 e. The highest BCUT2D eigenvalue weighted by molar-refractivity contribution is 6.45. The Labute approximate surface area is 328 Å². The Kier molecular flexibility index (Phi) is 11.8. The Bertz CT molecular complexity index is 2170. The third kappa shape index (κ3) is 9.09. The van der Waals surface area contributed by atoms with Crippen LogP contribution in [0.2, 0.25) is 10.6 Å². The second-order valence-corrected chi connectivity index (χ2v) is 16.0. The van der Waals surface area contributed by atoms with E-state index in [1.807, 2.05) is 18.2 Å². The smallest absolute Gasteiger partial charge is 0.307 e. The van der Waals surface area contributed by atoms with E-state index < -0.39 is 63.8 Å². The summed E-state index contributed by atoms with van der Waals surface area (Å²) in [5, 5.41) is 2.95. The molecule has 0 unspecified atom stereocenters. The molecule has 56 heavy (non-hydrogen) atoms. The third-order valence-corrected chi connectivity index (χ3v) is 11.7. The Morgan fingerprint density at radius 2 is 1.96 bits per heavy atom. The average molecular weight is 809 g/mol. The molecular formula is C39H40ClF3N6O6Si. The summed E-state index contributed by atoms with van der Waals surface area (Å²) in [7, 11) is 0.594. The summed E-state index contributed by atoms with van der Waals surface area (Å²) in [6.45, 7) is 3.83. The highest BCUT2D eigenvalue weighted by Crippen LogP contribution is 2.34. The zero-order chi connectivity index (χ0) is 39.6. The van der Waals surface area contributed by atoms with Gasteiger partial charge in [0.1, 0.15) is 24.3 Å². The number of carbonyl (C=O) groups is 3. The molecule has 2 radical (unpaired) electrons. The van der Waals surface area contributed by atoms with Gasteiger partial charge in [-0.2, -0.15) is 0 Å². The van der Waals surface area contributed by atoms with Gasteiger partial charge in [0.15, 0.2) is 9.68 Å². The van der Waals surface area contributed by atoms with Crippen molar-refractivity contribution < 1.29 is 41.8 Å². The molecule has 17 heteroatoms. The molecule has 2 saturated heterocycles. The minimum atomic E-state index is -3.26. The maximum atomic E-state index is 14.5. The molecule has 1 N–H and O–H groups in total. The van der Waals surface area contributed by atoms with Gasteiger partial charge in [0.05, 0.1) is 55.1 Å². The summed E-state index contributed by atoms with van der Waals surface area (Å²) < 4.78 is 62.4. The van der Waals surface area contributed by atoms with E-state index in [2.05, 4.69) is 30.6 Å². The molecule has 5 heterocycles. The second kappa shape index (κ2) is 16.8. The summed E-state index contributed by atoms with van der Waals surface area (Å²) in [6, 6.07) is 14.0. The number of amides is 2. The lowest BCUT2D eigenvalue weighted by atomic mass is 10.0. The molecule has 0 spiro atoms. The topological polar surface area (TPSA) is 128 Å². The number of hydrogen-bond donors (Lipinski definition) is 1. The number of halogens is 4. The zero-order valence-electron chi connectivity index (χ0n) is 30.8. The van der Waals surface area contributed by atoms with Crippen molar-refractivity contribution in [3.05, 3.63) is 94.2 Å². The zero-order valence-corrected chi connectivity index (χ0v) is 32.5. The molecule has 0 aliphatic carbocycles. The SMILES string of the molecule is COC(=O)[C@@H]1CC(F)(F)CN(C(=O)[C@H](C)NC(=O)c2ccc3c(c2)nc(CN2CC=C(c4cccc(OCc5ccc(Cl)cc5F)n4)CC2)n3C[C@@H]2CCO2)[Si]1. The van der Waals surface area contributed by atoms with Gasteiger partial charge in [0.2, 0.25) is 11.8 Å². The van der Waals surface area contributed by atoms with Gasteiger partial charge in [-0.05, 0) is 61.7 Å². The number of ether oxygens (including phenoxy) is 3. The van der Waals surface area contributed by atoms with Crippen molar-refractivity contribution in [3.8, 4) is 5.88 Å². The van der Waals surface area contributed by atoms with Crippen LogP contribution in [-0.4, -0.2) is 103 Å². The first-order valence-corrected chi connectivity index (χ1v) is 19.7. The molecule has 294 valence electrons. The van der Waals surface area contributed by atoms with Crippen LogP contribution in [0.3, 0.4) is 0 Å². The lowest BCUT2D eigenvalue weighted by Gasteiger charge is -2.36. The van der Waals surface area contributed by atoms with E-state index in [0.717, 1.165) is 53.7 Å². The number of nitrogens with one attached hydrogen (secondary N) is 1. The summed E-state index contributed by atoms with van der Waals surface area (Å²) in [4.78, 5) is 50.4. The number of imidazole rings is 1. The summed E-state index contributed by atoms with van der Waals surface area (Å²) in [5.74, 6) is -4.57. The van der Waals surface area contributed by atoms with Gasteiger partial charge in [-0.3, -0.25) is 19.3 Å². The van der Waals surface area contributed by atoms with E-state index in [0.29, 0.717) is 48.2 Å². The van der Waals surface area contributed by atoms with E-state index in [4.69, 9.17) is 26.1 Å². The maximum absolute atomic E-state index is 14.5. The van der Waals surface area contributed by atoms with Crippen LogP contribution >= 0.6 is 11.6 Å². The second-order valence-electron chi connectivity index (χ2n) is 14.1. The predicted octanol–water partition coefficient (Wildman–Crippen LogP) is 5.45.